The van der Waals surface area contributed by atoms with Gasteiger partial charge in [0.1, 0.15) is 0 Å². The number of aromatic nitrogens is 3. The Kier molecular flexibility index (Phi) is 3.83. The number of rotatable bonds is 4. The molecule has 0 atom stereocenters. The van der Waals surface area contributed by atoms with Crippen LogP contribution < -0.4 is 11.1 Å². The van der Waals surface area contributed by atoms with Crippen molar-refractivity contribution in [2.45, 2.75) is 10.9 Å². The molecule has 0 radical (unpaired) electrons. The number of aromatic amines is 1. The predicted octanol–water partition coefficient (Wildman–Crippen LogP) is 1.04. The van der Waals surface area contributed by atoms with Gasteiger partial charge in [-0.15, -0.1) is 5.10 Å². The number of amides is 1. The number of nitrogens with zero attached hydrogens (tertiary/aromatic N) is 2. The van der Waals surface area contributed by atoms with Gasteiger partial charge in [-0.05, 0) is 17.7 Å². The number of nitrogen functional groups attached to an aromatic ring is 1. The summed E-state index contributed by atoms with van der Waals surface area (Å²) >= 11 is 1.46. The number of carbonyl (C=O) groups excluding carboxylic acids is 1. The van der Waals surface area contributed by atoms with Crippen molar-refractivity contribution in [1.82, 2.24) is 20.5 Å². The van der Waals surface area contributed by atoms with E-state index in [1.54, 1.807) is 13.1 Å². The number of carbonyl (C=O) groups is 1. The first-order valence-electron chi connectivity index (χ1n) is 5.30. The summed E-state index contributed by atoms with van der Waals surface area (Å²) in [7, 11) is 1.61. The molecule has 0 saturated heterocycles. The Labute approximate surface area is 108 Å². The lowest BCUT2D eigenvalue weighted by Gasteiger charge is -2.03. The molecule has 18 heavy (non-hydrogen) atoms. The van der Waals surface area contributed by atoms with Crippen molar-refractivity contribution in [1.29, 1.82) is 0 Å². The Balaban J connectivity index is 2.03. The van der Waals surface area contributed by atoms with Crippen LogP contribution in [-0.2, 0) is 5.75 Å². The van der Waals surface area contributed by atoms with E-state index in [9.17, 15) is 4.79 Å². The second-order valence-corrected chi connectivity index (χ2v) is 4.51. The van der Waals surface area contributed by atoms with Gasteiger partial charge in [-0.25, -0.2) is 5.10 Å². The average Bonchev–Trinajstić information content (AvgIpc) is 2.81. The standard InChI is InChI=1S/C11H13N5OS/c1-13-9(17)8-4-2-3-7(5-8)6-18-11-14-10(12)15-16-11/h2-5H,6H2,1H3,(H,13,17)(H3,12,14,15,16). The Morgan fingerprint density at radius 3 is 3.06 bits per heavy atom. The number of H-pyrrole nitrogens is 1. The molecule has 4 N–H and O–H groups in total. The maximum atomic E-state index is 11.5. The summed E-state index contributed by atoms with van der Waals surface area (Å²) in [6, 6.07) is 7.43. The summed E-state index contributed by atoms with van der Waals surface area (Å²) < 4.78 is 0. The lowest BCUT2D eigenvalue weighted by molar-refractivity contribution is 0.0963. The maximum Gasteiger partial charge on any atom is 0.251 e. The van der Waals surface area contributed by atoms with Gasteiger partial charge in [0.25, 0.3) is 5.91 Å². The highest BCUT2D eigenvalue weighted by atomic mass is 32.2. The third kappa shape index (κ3) is 3.01. The molecule has 0 bridgehead atoms. The van der Waals surface area contributed by atoms with Crippen LogP contribution in [0.1, 0.15) is 15.9 Å². The van der Waals surface area contributed by atoms with Crippen LogP contribution in [0.15, 0.2) is 29.4 Å². The molecule has 0 saturated carbocycles. The molecule has 0 fully saturated rings. The largest absolute Gasteiger partial charge is 0.368 e. The summed E-state index contributed by atoms with van der Waals surface area (Å²) in [5.74, 6) is 0.892. The van der Waals surface area contributed by atoms with Gasteiger partial charge in [0, 0.05) is 18.4 Å². The first kappa shape index (κ1) is 12.4. The van der Waals surface area contributed by atoms with Gasteiger partial charge in [-0.1, -0.05) is 23.9 Å². The van der Waals surface area contributed by atoms with Gasteiger partial charge in [0.15, 0.2) is 0 Å². The van der Waals surface area contributed by atoms with Crippen molar-refractivity contribution < 1.29 is 4.79 Å². The van der Waals surface area contributed by atoms with Crippen LogP contribution in [-0.4, -0.2) is 28.1 Å². The van der Waals surface area contributed by atoms with Crippen LogP contribution in [0.3, 0.4) is 0 Å². The van der Waals surface area contributed by atoms with E-state index in [2.05, 4.69) is 20.5 Å². The minimum atomic E-state index is -0.0935. The highest BCUT2D eigenvalue weighted by Crippen LogP contribution is 2.19. The monoisotopic (exact) mass is 263 g/mol. The highest BCUT2D eigenvalue weighted by molar-refractivity contribution is 7.98. The molecule has 1 aromatic carbocycles. The zero-order valence-electron chi connectivity index (χ0n) is 9.80. The van der Waals surface area contributed by atoms with E-state index in [1.807, 2.05) is 18.2 Å². The number of nitrogens with one attached hydrogen (secondary N) is 2. The number of benzene rings is 1. The molecule has 0 aliphatic heterocycles. The molecule has 0 aliphatic rings. The second-order valence-electron chi connectivity index (χ2n) is 3.57. The lowest BCUT2D eigenvalue weighted by atomic mass is 10.1. The van der Waals surface area contributed by atoms with Gasteiger partial charge in [0.2, 0.25) is 11.1 Å². The number of hydrogen-bond donors (Lipinski definition) is 3. The van der Waals surface area contributed by atoms with Gasteiger partial charge in [-0.2, -0.15) is 4.98 Å². The second kappa shape index (κ2) is 5.54. The number of nitrogens with two attached hydrogens (primary N) is 1. The Morgan fingerprint density at radius 1 is 1.56 bits per heavy atom. The van der Waals surface area contributed by atoms with Crippen molar-refractivity contribution in [3.63, 3.8) is 0 Å². The molecule has 1 amide bonds. The van der Waals surface area contributed by atoms with Crippen LogP contribution in [0.2, 0.25) is 0 Å². The average molecular weight is 263 g/mol. The molecule has 0 aliphatic carbocycles. The summed E-state index contributed by atoms with van der Waals surface area (Å²) in [5.41, 5.74) is 7.11. The Morgan fingerprint density at radius 2 is 2.39 bits per heavy atom. The summed E-state index contributed by atoms with van der Waals surface area (Å²) in [5, 5.41) is 9.69. The number of thioether (sulfide) groups is 1. The van der Waals surface area contributed by atoms with Gasteiger partial charge >= 0.3 is 0 Å². The van der Waals surface area contributed by atoms with Gasteiger partial charge in [0.05, 0.1) is 0 Å². The summed E-state index contributed by atoms with van der Waals surface area (Å²) in [6.45, 7) is 0. The maximum absolute atomic E-state index is 11.5. The molecule has 7 heteroatoms. The molecule has 2 aromatic rings. The zero-order valence-corrected chi connectivity index (χ0v) is 10.6. The SMILES string of the molecule is CNC(=O)c1cccc(CSc2n[nH]c(N)n2)c1. The van der Waals surface area contributed by atoms with Crippen molar-refractivity contribution in [3.05, 3.63) is 35.4 Å². The molecule has 6 nitrogen and oxygen atoms in total. The van der Waals surface area contributed by atoms with Gasteiger partial charge in [-0.3, -0.25) is 4.79 Å². The molecule has 94 valence electrons. The molecule has 0 spiro atoms. The Bertz CT molecular complexity index is 554. The fourth-order valence-electron chi connectivity index (χ4n) is 1.42. The highest BCUT2D eigenvalue weighted by Gasteiger charge is 2.05. The van der Waals surface area contributed by atoms with E-state index in [-0.39, 0.29) is 5.91 Å². The van der Waals surface area contributed by atoms with E-state index in [1.165, 1.54) is 11.8 Å². The van der Waals surface area contributed by atoms with Crippen LogP contribution in [0, 0.1) is 0 Å². The first-order chi connectivity index (χ1) is 8.69. The fraction of sp³-hybridized carbons (Fsp3) is 0.182. The van der Waals surface area contributed by atoms with Gasteiger partial charge < -0.3 is 11.1 Å². The van der Waals surface area contributed by atoms with Crippen LogP contribution in [0.5, 0.6) is 0 Å². The first-order valence-corrected chi connectivity index (χ1v) is 6.29. The molecule has 0 unspecified atom stereocenters. The minimum Gasteiger partial charge on any atom is -0.368 e. The predicted molar refractivity (Wildman–Crippen MR) is 70.2 cm³/mol. The number of anilines is 1. The van der Waals surface area contributed by atoms with Crippen molar-refractivity contribution in [2.24, 2.45) is 0 Å². The smallest absolute Gasteiger partial charge is 0.251 e. The molecule has 1 aromatic heterocycles. The third-order valence-electron chi connectivity index (χ3n) is 2.27. The van der Waals surface area contributed by atoms with E-state index in [0.29, 0.717) is 22.4 Å². The van der Waals surface area contributed by atoms with E-state index in [4.69, 9.17) is 5.73 Å². The van der Waals surface area contributed by atoms with Crippen molar-refractivity contribution in [2.75, 3.05) is 12.8 Å². The normalized spacial score (nSPS) is 10.3. The zero-order chi connectivity index (χ0) is 13.0. The fourth-order valence-corrected chi connectivity index (χ4v) is 2.17. The van der Waals surface area contributed by atoms with E-state index >= 15 is 0 Å². The summed E-state index contributed by atoms with van der Waals surface area (Å²) in [4.78, 5) is 15.5. The number of hydrogen-bond acceptors (Lipinski definition) is 5. The molecular weight excluding hydrogens is 250 g/mol. The molecular formula is C11H13N5OS. The molecule has 2 rings (SSSR count). The quantitative estimate of drug-likeness (QED) is 0.716. The Hall–Kier alpha value is -2.02. The molecule has 1 heterocycles. The topological polar surface area (TPSA) is 96.7 Å². The van der Waals surface area contributed by atoms with Crippen molar-refractivity contribution in [3.8, 4) is 0 Å². The van der Waals surface area contributed by atoms with Crippen LogP contribution in [0.25, 0.3) is 0 Å². The van der Waals surface area contributed by atoms with E-state index < -0.39 is 0 Å². The minimum absolute atomic E-state index is 0.0935. The third-order valence-corrected chi connectivity index (χ3v) is 3.18. The van der Waals surface area contributed by atoms with Crippen LogP contribution >= 0.6 is 11.8 Å². The van der Waals surface area contributed by atoms with Crippen LogP contribution in [0.4, 0.5) is 5.95 Å². The summed E-state index contributed by atoms with van der Waals surface area (Å²) in [6.07, 6.45) is 0. The van der Waals surface area contributed by atoms with Crippen molar-refractivity contribution >= 4 is 23.6 Å². The van der Waals surface area contributed by atoms with E-state index in [0.717, 1.165) is 5.56 Å². The lowest BCUT2D eigenvalue weighted by Crippen LogP contribution is -2.17.